The number of nitro groups is 1. The van der Waals surface area contributed by atoms with Crippen molar-refractivity contribution in [1.29, 1.82) is 0 Å². The van der Waals surface area contributed by atoms with Crippen LogP contribution in [0, 0.1) is 22.0 Å². The smallest absolute Gasteiger partial charge is 0.337 e. The number of nitro benzene ring substituents is 1. The number of ketones is 1. The van der Waals surface area contributed by atoms with Gasteiger partial charge in [-0.2, -0.15) is 0 Å². The molecule has 32 heavy (non-hydrogen) atoms. The zero-order valence-corrected chi connectivity index (χ0v) is 18.6. The number of ether oxygens (including phenoxy) is 2. The van der Waals surface area contributed by atoms with Crippen molar-refractivity contribution < 1.29 is 28.8 Å². The van der Waals surface area contributed by atoms with E-state index in [4.69, 9.17) is 9.47 Å². The van der Waals surface area contributed by atoms with Gasteiger partial charge >= 0.3 is 11.9 Å². The monoisotopic (exact) mass is 442 g/mol. The van der Waals surface area contributed by atoms with Crippen LogP contribution in [0.1, 0.15) is 45.6 Å². The van der Waals surface area contributed by atoms with Crippen LogP contribution in [0.15, 0.2) is 46.8 Å². The lowest BCUT2D eigenvalue weighted by molar-refractivity contribution is -0.384. The zero-order chi connectivity index (χ0) is 23.7. The number of nitrogens with zero attached hydrogens (tertiary/aromatic N) is 1. The molecular weight excluding hydrogens is 416 g/mol. The third-order valence-electron chi connectivity index (χ3n) is 5.72. The third-order valence-corrected chi connectivity index (χ3v) is 5.72. The number of dihydropyridines is 1. The van der Waals surface area contributed by atoms with E-state index in [1.165, 1.54) is 25.3 Å². The maximum absolute atomic E-state index is 13.6. The molecule has 9 heteroatoms. The van der Waals surface area contributed by atoms with Gasteiger partial charge in [-0.1, -0.05) is 19.1 Å². The Bertz CT molecular complexity index is 1050. The fourth-order valence-electron chi connectivity index (χ4n) is 4.38. The minimum Gasteiger partial charge on any atom is -0.468 e. The Morgan fingerprint density at radius 1 is 1.28 bits per heavy atom. The van der Waals surface area contributed by atoms with Crippen LogP contribution in [0.25, 0.3) is 0 Å². The van der Waals surface area contributed by atoms with Crippen LogP contribution in [0.2, 0.25) is 0 Å². The van der Waals surface area contributed by atoms with Gasteiger partial charge in [0, 0.05) is 35.0 Å². The number of benzene rings is 1. The Morgan fingerprint density at radius 3 is 2.56 bits per heavy atom. The molecule has 0 aromatic heterocycles. The number of nitrogens with one attached hydrogen (secondary N) is 1. The van der Waals surface area contributed by atoms with Gasteiger partial charge < -0.3 is 14.8 Å². The molecule has 0 radical (unpaired) electrons. The largest absolute Gasteiger partial charge is 0.468 e. The topological polar surface area (TPSA) is 125 Å². The Balaban J connectivity index is 2.22. The highest BCUT2D eigenvalue weighted by atomic mass is 16.6. The summed E-state index contributed by atoms with van der Waals surface area (Å²) in [6.45, 7) is 6.90. The van der Waals surface area contributed by atoms with Crippen LogP contribution in [-0.4, -0.2) is 35.9 Å². The number of esters is 2. The second-order valence-electron chi connectivity index (χ2n) is 8.34. The van der Waals surface area contributed by atoms with Crippen molar-refractivity contribution in [3.05, 3.63) is 62.5 Å². The van der Waals surface area contributed by atoms with Gasteiger partial charge in [0.15, 0.2) is 5.78 Å². The molecule has 1 N–H and O–H groups in total. The van der Waals surface area contributed by atoms with E-state index in [1.807, 2.05) is 0 Å². The Hall–Kier alpha value is -3.49. The minimum atomic E-state index is -1.03. The first kappa shape index (κ1) is 23.2. The molecule has 170 valence electrons. The maximum atomic E-state index is 13.6. The second kappa shape index (κ2) is 8.94. The number of rotatable bonds is 5. The van der Waals surface area contributed by atoms with E-state index in [0.717, 1.165) is 0 Å². The van der Waals surface area contributed by atoms with Crippen molar-refractivity contribution in [1.82, 2.24) is 5.32 Å². The lowest BCUT2D eigenvalue weighted by Crippen LogP contribution is -2.43. The predicted molar refractivity (Wildman–Crippen MR) is 114 cm³/mol. The Kier molecular flexibility index (Phi) is 6.47. The van der Waals surface area contributed by atoms with E-state index in [2.05, 4.69) is 5.32 Å². The van der Waals surface area contributed by atoms with E-state index < -0.39 is 40.6 Å². The van der Waals surface area contributed by atoms with Crippen LogP contribution in [-0.2, 0) is 23.9 Å². The van der Waals surface area contributed by atoms with Crippen molar-refractivity contribution in [2.45, 2.75) is 46.1 Å². The number of allylic oxidation sites excluding steroid dienone is 3. The standard InChI is InChI=1S/C23H26N2O7/c1-11(2)32-23(28)18-13(4)24-16-9-12(3)17(22(27)31-5)21(26)20(16)19(18)14-7-6-8-15(10-14)25(29)30/h6-8,10-12,17,19,24H,9H2,1-5H3/t12-,17+,19-/m0/s1. The average molecular weight is 442 g/mol. The van der Waals surface area contributed by atoms with E-state index in [1.54, 1.807) is 33.8 Å². The van der Waals surface area contributed by atoms with Crippen LogP contribution in [0.5, 0.6) is 0 Å². The quantitative estimate of drug-likeness (QED) is 0.319. The molecule has 1 aliphatic heterocycles. The van der Waals surface area contributed by atoms with Gasteiger partial charge in [-0.25, -0.2) is 4.79 Å². The van der Waals surface area contributed by atoms with Gasteiger partial charge in [-0.3, -0.25) is 19.7 Å². The minimum absolute atomic E-state index is 0.168. The van der Waals surface area contributed by atoms with Gasteiger partial charge in [0.1, 0.15) is 5.92 Å². The molecule has 1 aromatic carbocycles. The molecule has 1 aliphatic carbocycles. The van der Waals surface area contributed by atoms with Crippen LogP contribution >= 0.6 is 0 Å². The summed E-state index contributed by atoms with van der Waals surface area (Å²) in [6, 6.07) is 5.81. The molecule has 1 heterocycles. The van der Waals surface area contributed by atoms with E-state index in [9.17, 15) is 24.5 Å². The summed E-state index contributed by atoms with van der Waals surface area (Å²) in [4.78, 5) is 49.9. The first-order valence-corrected chi connectivity index (χ1v) is 10.3. The fourth-order valence-corrected chi connectivity index (χ4v) is 4.38. The first-order valence-electron chi connectivity index (χ1n) is 10.3. The molecule has 0 saturated heterocycles. The van der Waals surface area contributed by atoms with Gasteiger partial charge in [-0.15, -0.1) is 0 Å². The summed E-state index contributed by atoms with van der Waals surface area (Å²) >= 11 is 0. The van der Waals surface area contributed by atoms with Crippen molar-refractivity contribution in [3.8, 4) is 0 Å². The summed E-state index contributed by atoms with van der Waals surface area (Å²) in [7, 11) is 1.22. The van der Waals surface area contributed by atoms with Gasteiger partial charge in [0.2, 0.25) is 0 Å². The summed E-state index contributed by atoms with van der Waals surface area (Å²) in [6.07, 6.45) is -0.0235. The number of methoxy groups -OCH3 is 1. The molecule has 0 spiro atoms. The van der Waals surface area contributed by atoms with Gasteiger partial charge in [0.25, 0.3) is 5.69 Å². The first-order chi connectivity index (χ1) is 15.1. The normalized spacial score (nSPS) is 22.9. The lowest BCUT2D eigenvalue weighted by Gasteiger charge is -2.38. The molecule has 9 nitrogen and oxygen atoms in total. The van der Waals surface area contributed by atoms with E-state index in [-0.39, 0.29) is 22.8 Å². The third kappa shape index (κ3) is 4.15. The molecule has 0 saturated carbocycles. The zero-order valence-electron chi connectivity index (χ0n) is 18.6. The molecular formula is C23H26N2O7. The second-order valence-corrected chi connectivity index (χ2v) is 8.34. The highest BCUT2D eigenvalue weighted by Gasteiger charge is 2.47. The molecule has 2 aliphatic rings. The number of Topliss-reactive ketones (excluding diaryl/α,β-unsaturated/α-hetero) is 1. The van der Waals surface area contributed by atoms with Crippen LogP contribution < -0.4 is 5.32 Å². The number of non-ortho nitro benzene ring substituents is 1. The van der Waals surface area contributed by atoms with E-state index >= 15 is 0 Å². The highest BCUT2D eigenvalue weighted by Crippen LogP contribution is 2.46. The predicted octanol–water partition coefficient (Wildman–Crippen LogP) is 3.16. The maximum Gasteiger partial charge on any atom is 0.337 e. The van der Waals surface area contributed by atoms with Crippen LogP contribution in [0.3, 0.4) is 0 Å². The number of hydrogen-bond acceptors (Lipinski definition) is 8. The molecule has 0 unspecified atom stereocenters. The fraction of sp³-hybridized carbons (Fsp3) is 0.435. The van der Waals surface area contributed by atoms with Gasteiger partial charge in [-0.05, 0) is 38.7 Å². The summed E-state index contributed by atoms with van der Waals surface area (Å²) in [5.74, 6) is -3.99. The van der Waals surface area contributed by atoms with Crippen molar-refractivity contribution >= 4 is 23.4 Å². The SMILES string of the molecule is COC(=O)[C@H]1C(=O)C2=C(C[C@@H]1C)NC(C)=C(C(=O)OC(C)C)[C@@H]2c1cccc([N+](=O)[O-])c1. The Labute approximate surface area is 185 Å². The molecule has 0 fully saturated rings. The molecule has 0 amide bonds. The molecule has 1 aromatic rings. The average Bonchev–Trinajstić information content (AvgIpc) is 2.71. The van der Waals surface area contributed by atoms with Crippen molar-refractivity contribution in [2.75, 3.05) is 7.11 Å². The van der Waals surface area contributed by atoms with E-state index in [0.29, 0.717) is 23.4 Å². The summed E-state index contributed by atoms with van der Waals surface area (Å²) in [5, 5.41) is 14.5. The van der Waals surface area contributed by atoms with Crippen molar-refractivity contribution in [3.63, 3.8) is 0 Å². The van der Waals surface area contributed by atoms with Gasteiger partial charge in [0.05, 0.1) is 23.7 Å². The number of carbonyl (C=O) groups excluding carboxylic acids is 3. The molecule has 0 bridgehead atoms. The number of carbonyl (C=O) groups is 3. The summed E-state index contributed by atoms with van der Waals surface area (Å²) < 4.78 is 10.3. The summed E-state index contributed by atoms with van der Waals surface area (Å²) in [5.41, 5.74) is 1.75. The molecule has 3 atom stereocenters. The molecule has 3 rings (SSSR count). The Morgan fingerprint density at radius 2 is 1.97 bits per heavy atom. The lowest BCUT2D eigenvalue weighted by atomic mass is 9.69. The van der Waals surface area contributed by atoms with Crippen molar-refractivity contribution in [2.24, 2.45) is 11.8 Å². The highest BCUT2D eigenvalue weighted by molar-refractivity contribution is 6.12. The van der Waals surface area contributed by atoms with Crippen LogP contribution in [0.4, 0.5) is 5.69 Å². The number of hydrogen-bond donors (Lipinski definition) is 1.